The zero-order chi connectivity index (χ0) is 26.6. The summed E-state index contributed by atoms with van der Waals surface area (Å²) in [5.74, 6) is -4.87. The van der Waals surface area contributed by atoms with Crippen molar-refractivity contribution in [3.63, 3.8) is 0 Å². The number of alkyl halides is 1. The summed E-state index contributed by atoms with van der Waals surface area (Å²) >= 11 is 6.30. The van der Waals surface area contributed by atoms with E-state index in [0.29, 0.717) is 0 Å². The second-order valence-electron chi connectivity index (χ2n) is 6.58. The molecule has 1 unspecified atom stereocenters. The first-order valence-electron chi connectivity index (χ1n) is 9.71. The minimum Gasteiger partial charge on any atom is -0.731 e. The van der Waals surface area contributed by atoms with Crippen molar-refractivity contribution >= 4 is 69.7 Å². The van der Waals surface area contributed by atoms with E-state index >= 15 is 0 Å². The van der Waals surface area contributed by atoms with Crippen LogP contribution in [0, 0.1) is 0 Å². The summed E-state index contributed by atoms with van der Waals surface area (Å²) in [7, 11) is -8.84. The number of carbonyl (C=O) groups excluding carboxylic acids is 4. The van der Waals surface area contributed by atoms with Gasteiger partial charge in [-0.05, 0) is 13.8 Å². The number of anilines is 1. The van der Waals surface area contributed by atoms with Crippen LogP contribution in [0.25, 0.3) is 0 Å². The van der Waals surface area contributed by atoms with Crippen molar-refractivity contribution in [3.8, 4) is 0 Å². The van der Waals surface area contributed by atoms with E-state index in [-0.39, 0.29) is 63.8 Å². The van der Waals surface area contributed by atoms with Gasteiger partial charge in [-0.2, -0.15) is 0 Å². The molecule has 1 aliphatic heterocycles. The third kappa shape index (κ3) is 7.24. The van der Waals surface area contributed by atoms with E-state index in [1.54, 1.807) is 0 Å². The Morgan fingerprint density at radius 2 is 1.89 bits per heavy atom. The Hall–Kier alpha value is -1.14. The predicted molar refractivity (Wildman–Crippen MR) is 119 cm³/mol. The first kappa shape index (κ1) is 32.9. The number of β-lactam (4-membered cyclic amide) rings is 1. The average molecular weight is 599 g/mol. The summed E-state index contributed by atoms with van der Waals surface area (Å²) in [5, 5.41) is 5.73. The summed E-state index contributed by atoms with van der Waals surface area (Å²) in [5.41, 5.74) is -1.98. The molecule has 3 atom stereocenters. The minimum atomic E-state index is -5.40. The molecule has 0 aromatic carbocycles. The van der Waals surface area contributed by atoms with Gasteiger partial charge in [-0.25, -0.2) is 22.5 Å². The molecule has 1 aromatic heterocycles. The summed E-state index contributed by atoms with van der Waals surface area (Å²) in [6.07, 6.45) is 0. The van der Waals surface area contributed by atoms with Crippen LogP contribution in [-0.4, -0.2) is 84.2 Å². The summed E-state index contributed by atoms with van der Waals surface area (Å²) in [6, 6.07) is -3.81. The van der Waals surface area contributed by atoms with E-state index in [9.17, 15) is 36.7 Å². The van der Waals surface area contributed by atoms with Crippen LogP contribution in [0.1, 0.15) is 25.2 Å². The molecule has 2 heterocycles. The number of hydrogen-bond donors (Lipinski definition) is 2. The normalized spacial score (nSPS) is 18.5. The minimum absolute atomic E-state index is 0. The number of halogens is 1. The van der Waals surface area contributed by atoms with Gasteiger partial charge in [-0.1, -0.05) is 0 Å². The fraction of sp³-hybridized carbons (Fsp3) is 0.562. The van der Waals surface area contributed by atoms with Gasteiger partial charge < -0.3 is 29.0 Å². The van der Waals surface area contributed by atoms with Crippen molar-refractivity contribution in [2.75, 3.05) is 31.5 Å². The molecule has 2 rings (SSSR count). The van der Waals surface area contributed by atoms with Gasteiger partial charge in [0.1, 0.15) is 11.9 Å². The molecule has 0 aliphatic carbocycles. The topological polar surface area (TPSA) is 210 Å². The molecular weight excluding hydrogens is 578 g/mol. The van der Waals surface area contributed by atoms with Crippen molar-refractivity contribution < 1.29 is 80.1 Å². The molecule has 0 spiro atoms. The fourth-order valence-corrected chi connectivity index (χ4v) is 6.70. The first-order valence-corrected chi connectivity index (χ1v) is 14.1. The number of aromatic nitrogens is 1. The largest absolute Gasteiger partial charge is 1.00 e. The Morgan fingerprint density at radius 1 is 1.31 bits per heavy atom. The molecular formula is C16H21ClN4NaO11PS2. The standard InChI is InChI=1S/C16H22ClN4O11PS2.Na/c1-4-31-33(26,32-5-2)12(8-7-34-16(18-8)19-9(22)6-17)13(23)20-10-11(15(25)30-3)21(14(10)24)35(27,28)29;/h7,10-12H,4-6H2,1-3H3,(H,20,23)(H,18,19,22)(H,27,28,29);/q;+1/p-1/t10-,11-,12?;/m1./s1. The number of nitrogens with one attached hydrogen (secondary N) is 2. The molecule has 20 heteroatoms. The predicted octanol–water partition coefficient (Wildman–Crippen LogP) is -3.04. The maximum atomic E-state index is 13.5. The Kier molecular flexibility index (Phi) is 12.4. The molecule has 1 aromatic rings. The Balaban J connectivity index is 0.00000648. The molecule has 36 heavy (non-hydrogen) atoms. The van der Waals surface area contributed by atoms with Crippen molar-refractivity contribution in [3.05, 3.63) is 11.1 Å². The van der Waals surface area contributed by atoms with Crippen LogP contribution in [0.15, 0.2) is 5.38 Å². The smallest absolute Gasteiger partial charge is 0.731 e. The second-order valence-corrected chi connectivity index (χ2v) is 11.1. The fourth-order valence-electron chi connectivity index (χ4n) is 3.05. The zero-order valence-electron chi connectivity index (χ0n) is 19.5. The van der Waals surface area contributed by atoms with Gasteiger partial charge in [0.25, 0.3) is 5.91 Å². The van der Waals surface area contributed by atoms with Crippen LogP contribution < -0.4 is 40.2 Å². The van der Waals surface area contributed by atoms with Crippen molar-refractivity contribution in [2.24, 2.45) is 0 Å². The van der Waals surface area contributed by atoms with Crippen LogP contribution in [0.4, 0.5) is 5.13 Å². The molecule has 0 radical (unpaired) electrons. The number of carbonyl (C=O) groups is 4. The molecule has 1 saturated heterocycles. The third-order valence-electron chi connectivity index (χ3n) is 4.39. The monoisotopic (exact) mass is 598 g/mol. The van der Waals surface area contributed by atoms with Crippen LogP contribution >= 0.6 is 30.5 Å². The molecule has 196 valence electrons. The Labute approximate surface area is 237 Å². The summed E-state index contributed by atoms with van der Waals surface area (Å²) in [6.45, 7) is 2.65. The number of hydrogen-bond acceptors (Lipinski definition) is 13. The van der Waals surface area contributed by atoms with Crippen molar-refractivity contribution in [1.29, 1.82) is 0 Å². The van der Waals surface area contributed by atoms with E-state index in [1.807, 2.05) is 0 Å². The van der Waals surface area contributed by atoms with Gasteiger partial charge >= 0.3 is 43.1 Å². The van der Waals surface area contributed by atoms with Crippen LogP contribution in [0.2, 0.25) is 0 Å². The maximum absolute atomic E-state index is 13.5. The second kappa shape index (κ2) is 13.6. The number of rotatable bonds is 12. The van der Waals surface area contributed by atoms with E-state index in [2.05, 4.69) is 20.4 Å². The number of nitrogens with zero attached hydrogens (tertiary/aromatic N) is 2. The number of methoxy groups -OCH3 is 1. The molecule has 1 aliphatic rings. The van der Waals surface area contributed by atoms with E-state index in [4.69, 9.17) is 20.6 Å². The third-order valence-corrected chi connectivity index (χ3v) is 8.66. The maximum Gasteiger partial charge on any atom is 1.00 e. The zero-order valence-corrected chi connectivity index (χ0v) is 24.7. The number of thiazole rings is 1. The molecule has 0 bridgehead atoms. The summed E-state index contributed by atoms with van der Waals surface area (Å²) < 4.78 is 62.3. The van der Waals surface area contributed by atoms with Gasteiger partial charge in [0.2, 0.25) is 11.8 Å². The first-order chi connectivity index (χ1) is 16.3. The summed E-state index contributed by atoms with van der Waals surface area (Å²) in [4.78, 5) is 53.2. The molecule has 2 N–H and O–H groups in total. The van der Waals surface area contributed by atoms with Gasteiger partial charge in [-0.3, -0.25) is 18.9 Å². The van der Waals surface area contributed by atoms with Crippen LogP contribution in [0.3, 0.4) is 0 Å². The number of amides is 3. The van der Waals surface area contributed by atoms with Gasteiger partial charge in [0, 0.05) is 5.38 Å². The quantitative estimate of drug-likeness (QED) is 0.0614. The molecule has 15 nitrogen and oxygen atoms in total. The van der Waals surface area contributed by atoms with Gasteiger partial charge in [-0.15, -0.1) is 22.9 Å². The molecule has 1 fully saturated rings. The van der Waals surface area contributed by atoms with E-state index in [0.717, 1.165) is 18.4 Å². The van der Waals surface area contributed by atoms with Gasteiger partial charge in [0.05, 0.1) is 26.0 Å². The number of esters is 1. The van der Waals surface area contributed by atoms with E-state index < -0.39 is 59.3 Å². The Morgan fingerprint density at radius 3 is 2.36 bits per heavy atom. The van der Waals surface area contributed by atoms with Crippen LogP contribution in [-0.2, 0) is 47.8 Å². The molecule has 3 amide bonds. The van der Waals surface area contributed by atoms with E-state index in [1.165, 1.54) is 19.2 Å². The van der Waals surface area contributed by atoms with Crippen molar-refractivity contribution in [1.82, 2.24) is 14.6 Å². The Bertz CT molecular complexity index is 1140. The van der Waals surface area contributed by atoms with Gasteiger partial charge in [0.15, 0.2) is 27.1 Å². The molecule has 0 saturated carbocycles. The van der Waals surface area contributed by atoms with Crippen molar-refractivity contribution in [2.45, 2.75) is 31.6 Å². The SMILES string of the molecule is CCOP(=O)(OCC)C(C(=O)N[C@H]1C(=O)N(S(=O)(=O)[O-])[C@H]1C(=O)OC)c1csc(NC(=O)CCl)n1.[Na+]. The average Bonchev–Trinajstić information content (AvgIpc) is 3.21. The van der Waals surface area contributed by atoms with Crippen LogP contribution in [0.5, 0.6) is 0 Å². The number of ether oxygens (including phenoxy) is 1.